The zero-order valence-electron chi connectivity index (χ0n) is 15.4. The zero-order valence-corrected chi connectivity index (χ0v) is 19.4. The van der Waals surface area contributed by atoms with E-state index in [1.165, 1.54) is 19.3 Å². The van der Waals surface area contributed by atoms with E-state index in [0.717, 1.165) is 38.5 Å². The number of rotatable bonds is 15. The first-order valence-electron chi connectivity index (χ1n) is 9.04. The van der Waals surface area contributed by atoms with Gasteiger partial charge in [0.1, 0.15) is 0 Å². The van der Waals surface area contributed by atoms with Crippen LogP contribution < -0.4 is 51.4 Å². The SMILES string of the molecule is CCCCCCC(O)CCCCC(CCCCC)S(=O)(=O)[O-].[K+]. The van der Waals surface area contributed by atoms with Crippen LogP contribution in [0, 0.1) is 0 Å². The van der Waals surface area contributed by atoms with Crippen LogP contribution in [0.4, 0.5) is 0 Å². The van der Waals surface area contributed by atoms with Crippen molar-refractivity contribution >= 4 is 10.1 Å². The van der Waals surface area contributed by atoms with Crippen LogP contribution in [0.5, 0.6) is 0 Å². The van der Waals surface area contributed by atoms with Crippen molar-refractivity contribution in [1.82, 2.24) is 0 Å². The molecule has 6 heteroatoms. The summed E-state index contributed by atoms with van der Waals surface area (Å²) in [6.07, 6.45) is 11.2. The van der Waals surface area contributed by atoms with E-state index in [0.29, 0.717) is 25.7 Å². The first-order valence-corrected chi connectivity index (χ1v) is 10.5. The second-order valence-corrected chi connectivity index (χ2v) is 8.05. The Hall–Kier alpha value is 1.51. The molecule has 0 spiro atoms. The third kappa shape index (κ3) is 16.7. The molecule has 2 atom stereocenters. The van der Waals surface area contributed by atoms with E-state index in [1.54, 1.807) is 0 Å². The molecule has 0 radical (unpaired) electrons. The van der Waals surface area contributed by atoms with Gasteiger partial charge < -0.3 is 9.66 Å². The van der Waals surface area contributed by atoms with Crippen molar-refractivity contribution < 1.29 is 69.5 Å². The van der Waals surface area contributed by atoms with Crippen molar-refractivity contribution in [3.8, 4) is 0 Å². The van der Waals surface area contributed by atoms with Crippen molar-refractivity contribution in [1.29, 1.82) is 0 Å². The van der Waals surface area contributed by atoms with Crippen molar-refractivity contribution in [3.63, 3.8) is 0 Å². The molecule has 134 valence electrons. The molecule has 0 aliphatic rings. The zero-order chi connectivity index (χ0) is 16.8. The molecule has 0 aliphatic carbocycles. The van der Waals surface area contributed by atoms with Crippen LogP contribution in [-0.2, 0) is 10.1 Å². The van der Waals surface area contributed by atoms with E-state index < -0.39 is 15.4 Å². The number of hydrogen-bond acceptors (Lipinski definition) is 4. The average molecular weight is 375 g/mol. The molecule has 0 fully saturated rings. The van der Waals surface area contributed by atoms with Crippen molar-refractivity contribution in [2.24, 2.45) is 0 Å². The van der Waals surface area contributed by atoms with Crippen LogP contribution in [0.3, 0.4) is 0 Å². The largest absolute Gasteiger partial charge is 1.00 e. The molecule has 0 aromatic carbocycles. The molecule has 0 bridgehead atoms. The first-order chi connectivity index (χ1) is 10.4. The van der Waals surface area contributed by atoms with E-state index in [4.69, 9.17) is 0 Å². The second kappa shape index (κ2) is 16.9. The van der Waals surface area contributed by atoms with Crippen LogP contribution in [0.2, 0.25) is 0 Å². The van der Waals surface area contributed by atoms with E-state index in [1.807, 2.05) is 0 Å². The molecule has 23 heavy (non-hydrogen) atoms. The Balaban J connectivity index is 0. The van der Waals surface area contributed by atoms with Gasteiger partial charge in [-0.15, -0.1) is 0 Å². The maximum absolute atomic E-state index is 11.3. The van der Waals surface area contributed by atoms with E-state index in [9.17, 15) is 18.1 Å². The minimum atomic E-state index is -4.18. The van der Waals surface area contributed by atoms with Crippen LogP contribution in [0.25, 0.3) is 0 Å². The van der Waals surface area contributed by atoms with Crippen LogP contribution in [0.15, 0.2) is 0 Å². The van der Waals surface area contributed by atoms with E-state index in [-0.39, 0.29) is 57.5 Å². The number of unbranched alkanes of at least 4 members (excludes halogenated alkanes) is 6. The quantitative estimate of drug-likeness (QED) is 0.267. The molecule has 1 N–H and O–H groups in total. The summed E-state index contributed by atoms with van der Waals surface area (Å²) >= 11 is 0. The predicted molar refractivity (Wildman–Crippen MR) is 90.9 cm³/mol. The van der Waals surface area contributed by atoms with Crippen LogP contribution in [0.1, 0.15) is 97.3 Å². The van der Waals surface area contributed by atoms with Gasteiger partial charge in [-0.05, 0) is 25.7 Å². The molecule has 0 saturated carbocycles. The second-order valence-electron chi connectivity index (χ2n) is 6.40. The summed E-state index contributed by atoms with van der Waals surface area (Å²) < 4.78 is 33.8. The molecule has 0 saturated heterocycles. The monoisotopic (exact) mass is 374 g/mol. The van der Waals surface area contributed by atoms with Gasteiger partial charge in [0.05, 0.1) is 16.2 Å². The molecule has 4 nitrogen and oxygen atoms in total. The fourth-order valence-corrected chi connectivity index (χ4v) is 3.67. The summed E-state index contributed by atoms with van der Waals surface area (Å²) in [5.41, 5.74) is 0. The molecule has 0 aliphatic heterocycles. The predicted octanol–water partition coefficient (Wildman–Crippen LogP) is 1.38. The van der Waals surface area contributed by atoms with Gasteiger partial charge in [0, 0.05) is 5.25 Å². The van der Waals surface area contributed by atoms with Gasteiger partial charge in [-0.3, -0.25) is 0 Å². The van der Waals surface area contributed by atoms with Crippen molar-refractivity contribution in [2.45, 2.75) is 109 Å². The smallest absolute Gasteiger partial charge is 0.748 e. The molecule has 0 rings (SSSR count). The minimum Gasteiger partial charge on any atom is -0.748 e. The van der Waals surface area contributed by atoms with Crippen LogP contribution >= 0.6 is 0 Å². The molecule has 2 unspecified atom stereocenters. The molecule has 0 aromatic heterocycles. The Morgan fingerprint density at radius 2 is 1.17 bits per heavy atom. The first kappa shape index (κ1) is 26.7. The normalized spacial score (nSPS) is 14.3. The summed E-state index contributed by atoms with van der Waals surface area (Å²) in [6, 6.07) is 0. The maximum Gasteiger partial charge on any atom is 1.00 e. The van der Waals surface area contributed by atoms with Crippen molar-refractivity contribution in [2.75, 3.05) is 0 Å². The average Bonchev–Trinajstić information content (AvgIpc) is 2.45. The van der Waals surface area contributed by atoms with Crippen molar-refractivity contribution in [3.05, 3.63) is 0 Å². The summed E-state index contributed by atoms with van der Waals surface area (Å²) in [5, 5.41) is 9.13. The standard InChI is InChI=1S/C17H36O4S.K/c1-3-5-7-9-12-16(18)13-10-11-15-17(22(19,20)21)14-8-6-4-2;/h16-18H,3-15H2,1-2H3,(H,19,20,21);/q;+1/p-1. The topological polar surface area (TPSA) is 77.4 Å². The Labute approximate surface area is 186 Å². The summed E-state index contributed by atoms with van der Waals surface area (Å²) in [7, 11) is -4.18. The Morgan fingerprint density at radius 3 is 1.65 bits per heavy atom. The third-order valence-electron chi connectivity index (χ3n) is 4.24. The Bertz CT molecular complexity index is 347. The Kier molecular flexibility index (Phi) is 19.7. The third-order valence-corrected chi connectivity index (χ3v) is 5.53. The fraction of sp³-hybridized carbons (Fsp3) is 1.00. The molecule has 0 heterocycles. The van der Waals surface area contributed by atoms with Gasteiger partial charge in [-0.25, -0.2) is 8.42 Å². The minimum absolute atomic E-state index is 0. The number of hydrogen-bond donors (Lipinski definition) is 1. The fourth-order valence-electron chi connectivity index (χ4n) is 2.76. The summed E-state index contributed by atoms with van der Waals surface area (Å²) in [4.78, 5) is 0. The van der Waals surface area contributed by atoms with Gasteiger partial charge in [0.2, 0.25) is 0 Å². The van der Waals surface area contributed by atoms with Crippen LogP contribution in [-0.4, -0.2) is 29.4 Å². The van der Waals surface area contributed by atoms with E-state index in [2.05, 4.69) is 13.8 Å². The molecule has 0 aromatic rings. The molecular formula is C17H35KO4S. The van der Waals surface area contributed by atoms with E-state index >= 15 is 0 Å². The Morgan fingerprint density at radius 1 is 0.783 bits per heavy atom. The van der Waals surface area contributed by atoms with Gasteiger partial charge >= 0.3 is 51.4 Å². The number of aliphatic hydroxyl groups excluding tert-OH is 1. The summed E-state index contributed by atoms with van der Waals surface area (Å²) in [5.74, 6) is 0. The van der Waals surface area contributed by atoms with Gasteiger partial charge in [0.15, 0.2) is 0 Å². The van der Waals surface area contributed by atoms with Gasteiger partial charge in [-0.1, -0.05) is 71.6 Å². The van der Waals surface area contributed by atoms with Gasteiger partial charge in [-0.2, -0.15) is 0 Å². The molecular weight excluding hydrogens is 339 g/mol. The number of aliphatic hydroxyl groups is 1. The summed E-state index contributed by atoms with van der Waals surface area (Å²) in [6.45, 7) is 4.22. The molecule has 0 amide bonds. The van der Waals surface area contributed by atoms with Gasteiger partial charge in [0.25, 0.3) is 0 Å². The maximum atomic E-state index is 11.3.